The Kier molecular flexibility index (Phi) is 5.14. The highest BCUT2D eigenvalue weighted by atomic mass is 16.2. The second-order valence-corrected chi connectivity index (χ2v) is 5.99. The summed E-state index contributed by atoms with van der Waals surface area (Å²) in [5.74, 6) is -0.104. The molecule has 18 heavy (non-hydrogen) atoms. The van der Waals surface area contributed by atoms with Gasteiger partial charge in [-0.25, -0.2) is 0 Å². The highest BCUT2D eigenvalue weighted by Crippen LogP contribution is 2.09. The predicted molar refractivity (Wildman–Crippen MR) is 71.2 cm³/mol. The molecule has 0 bridgehead atoms. The average molecular weight is 255 g/mol. The number of piperidine rings is 1. The molecule has 104 valence electrons. The molecule has 1 heterocycles. The molecule has 0 radical (unpaired) electrons. The number of nitrogens with zero attached hydrogens (tertiary/aromatic N) is 1. The van der Waals surface area contributed by atoms with Gasteiger partial charge < -0.3 is 15.5 Å². The number of nitrogens with one attached hydrogen (secondary N) is 2. The highest BCUT2D eigenvalue weighted by Gasteiger charge is 2.25. The van der Waals surface area contributed by atoms with Crippen molar-refractivity contribution in [3.05, 3.63) is 0 Å². The standard InChI is InChI=1S/C13H25N3O2/c1-13(2,3)15-11(17)9-16(4)12(18)10-7-5-6-8-14-10/h10,14H,5-9H2,1-4H3,(H,15,17). The van der Waals surface area contributed by atoms with E-state index in [0.717, 1.165) is 25.8 Å². The van der Waals surface area contributed by atoms with Gasteiger partial charge in [0.15, 0.2) is 0 Å². The summed E-state index contributed by atoms with van der Waals surface area (Å²) in [4.78, 5) is 25.3. The molecule has 0 aromatic carbocycles. The maximum atomic E-state index is 12.1. The van der Waals surface area contributed by atoms with E-state index in [-0.39, 0.29) is 29.9 Å². The molecule has 0 aromatic rings. The van der Waals surface area contributed by atoms with Gasteiger partial charge in [-0.3, -0.25) is 9.59 Å². The molecule has 1 atom stereocenters. The van der Waals surface area contributed by atoms with E-state index in [1.165, 1.54) is 4.90 Å². The van der Waals surface area contributed by atoms with Crippen molar-refractivity contribution in [2.24, 2.45) is 0 Å². The average Bonchev–Trinajstić information content (AvgIpc) is 2.26. The Balaban J connectivity index is 2.41. The lowest BCUT2D eigenvalue weighted by atomic mass is 10.0. The number of likely N-dealkylation sites (N-methyl/N-ethyl adjacent to an activating group) is 1. The Morgan fingerprint density at radius 2 is 2.00 bits per heavy atom. The van der Waals surface area contributed by atoms with Crippen molar-refractivity contribution in [2.75, 3.05) is 20.1 Å². The molecule has 1 aliphatic rings. The molecule has 1 fully saturated rings. The summed E-state index contributed by atoms with van der Waals surface area (Å²) in [5.41, 5.74) is -0.260. The van der Waals surface area contributed by atoms with Crippen molar-refractivity contribution in [2.45, 2.75) is 51.6 Å². The summed E-state index contributed by atoms with van der Waals surface area (Å²) in [7, 11) is 1.68. The van der Waals surface area contributed by atoms with Gasteiger partial charge >= 0.3 is 0 Å². The quantitative estimate of drug-likeness (QED) is 0.772. The summed E-state index contributed by atoms with van der Waals surface area (Å²) in [6.45, 7) is 6.78. The van der Waals surface area contributed by atoms with Crippen molar-refractivity contribution in [3.8, 4) is 0 Å². The molecule has 0 aliphatic carbocycles. The van der Waals surface area contributed by atoms with Gasteiger partial charge in [0.1, 0.15) is 0 Å². The topological polar surface area (TPSA) is 61.4 Å². The Morgan fingerprint density at radius 1 is 1.33 bits per heavy atom. The Bertz CT molecular complexity index is 304. The Labute approximate surface area is 109 Å². The lowest BCUT2D eigenvalue weighted by molar-refractivity contribution is -0.137. The third-order valence-electron chi connectivity index (χ3n) is 2.88. The smallest absolute Gasteiger partial charge is 0.240 e. The van der Waals surface area contributed by atoms with Crippen LogP contribution in [-0.2, 0) is 9.59 Å². The lowest BCUT2D eigenvalue weighted by Gasteiger charge is -2.28. The van der Waals surface area contributed by atoms with Crippen LogP contribution in [0.3, 0.4) is 0 Å². The predicted octanol–water partition coefficient (Wildman–Crippen LogP) is 0.502. The van der Waals surface area contributed by atoms with Crippen molar-refractivity contribution in [1.29, 1.82) is 0 Å². The van der Waals surface area contributed by atoms with Gasteiger partial charge in [-0.15, -0.1) is 0 Å². The largest absolute Gasteiger partial charge is 0.350 e. The summed E-state index contributed by atoms with van der Waals surface area (Å²) in [6, 6.07) is -0.119. The summed E-state index contributed by atoms with van der Waals surface area (Å²) >= 11 is 0. The molecular formula is C13H25N3O2. The normalized spacial score (nSPS) is 20.3. The number of carbonyl (C=O) groups is 2. The van der Waals surface area contributed by atoms with Gasteiger partial charge in [-0.05, 0) is 40.2 Å². The van der Waals surface area contributed by atoms with Gasteiger partial charge in [-0.2, -0.15) is 0 Å². The zero-order valence-electron chi connectivity index (χ0n) is 11.9. The van der Waals surface area contributed by atoms with E-state index in [1.54, 1.807) is 7.05 Å². The second kappa shape index (κ2) is 6.18. The second-order valence-electron chi connectivity index (χ2n) is 5.99. The third-order valence-corrected chi connectivity index (χ3v) is 2.88. The fourth-order valence-corrected chi connectivity index (χ4v) is 2.08. The van der Waals surface area contributed by atoms with E-state index in [4.69, 9.17) is 0 Å². The van der Waals surface area contributed by atoms with E-state index in [2.05, 4.69) is 10.6 Å². The third kappa shape index (κ3) is 5.04. The van der Waals surface area contributed by atoms with Crippen LogP contribution in [0.15, 0.2) is 0 Å². The van der Waals surface area contributed by atoms with Crippen molar-refractivity contribution in [1.82, 2.24) is 15.5 Å². The van der Waals surface area contributed by atoms with Crippen LogP contribution in [0.2, 0.25) is 0 Å². The first-order chi connectivity index (χ1) is 8.29. The minimum Gasteiger partial charge on any atom is -0.350 e. The first-order valence-electron chi connectivity index (χ1n) is 6.59. The molecule has 1 rings (SSSR count). The van der Waals surface area contributed by atoms with Gasteiger partial charge in [0.05, 0.1) is 12.6 Å². The lowest BCUT2D eigenvalue weighted by Crippen LogP contribution is -2.51. The van der Waals surface area contributed by atoms with Crippen LogP contribution in [0.1, 0.15) is 40.0 Å². The zero-order valence-corrected chi connectivity index (χ0v) is 11.9. The Hall–Kier alpha value is -1.10. The molecular weight excluding hydrogens is 230 g/mol. The van der Waals surface area contributed by atoms with Crippen LogP contribution < -0.4 is 10.6 Å². The molecule has 5 heteroatoms. The monoisotopic (exact) mass is 255 g/mol. The number of hydrogen-bond acceptors (Lipinski definition) is 3. The molecule has 0 spiro atoms. The molecule has 2 N–H and O–H groups in total. The van der Waals surface area contributed by atoms with Crippen LogP contribution in [0, 0.1) is 0 Å². The molecule has 0 aromatic heterocycles. The number of amides is 2. The molecule has 1 saturated heterocycles. The minimum absolute atomic E-state index is 0.0127. The van der Waals surface area contributed by atoms with E-state index < -0.39 is 0 Å². The van der Waals surface area contributed by atoms with Crippen LogP contribution in [0.4, 0.5) is 0 Å². The maximum absolute atomic E-state index is 12.1. The van der Waals surface area contributed by atoms with Crippen molar-refractivity contribution in [3.63, 3.8) is 0 Å². The molecule has 0 saturated carbocycles. The molecule has 2 amide bonds. The summed E-state index contributed by atoms with van der Waals surface area (Å²) in [5, 5.41) is 6.05. The molecule has 1 unspecified atom stereocenters. The van der Waals surface area contributed by atoms with Crippen LogP contribution in [-0.4, -0.2) is 48.4 Å². The van der Waals surface area contributed by atoms with Crippen molar-refractivity contribution < 1.29 is 9.59 Å². The van der Waals surface area contributed by atoms with Crippen molar-refractivity contribution >= 4 is 11.8 Å². The molecule has 1 aliphatic heterocycles. The van der Waals surface area contributed by atoms with Crippen LogP contribution in [0.25, 0.3) is 0 Å². The minimum atomic E-state index is -0.260. The van der Waals surface area contributed by atoms with E-state index in [9.17, 15) is 9.59 Å². The van der Waals surface area contributed by atoms with Crippen LogP contribution in [0.5, 0.6) is 0 Å². The van der Waals surface area contributed by atoms with E-state index >= 15 is 0 Å². The van der Waals surface area contributed by atoms with E-state index in [1.807, 2.05) is 20.8 Å². The maximum Gasteiger partial charge on any atom is 0.240 e. The first kappa shape index (κ1) is 15.0. The van der Waals surface area contributed by atoms with Crippen LogP contribution >= 0.6 is 0 Å². The van der Waals surface area contributed by atoms with Gasteiger partial charge in [0.25, 0.3) is 0 Å². The summed E-state index contributed by atoms with van der Waals surface area (Å²) in [6.07, 6.45) is 3.06. The van der Waals surface area contributed by atoms with E-state index in [0.29, 0.717) is 0 Å². The highest BCUT2D eigenvalue weighted by molar-refractivity contribution is 5.87. The number of carbonyl (C=O) groups excluding carboxylic acids is 2. The SMILES string of the molecule is CN(CC(=O)NC(C)(C)C)C(=O)C1CCCCN1. The fourth-order valence-electron chi connectivity index (χ4n) is 2.08. The van der Waals surface area contributed by atoms with Gasteiger partial charge in [-0.1, -0.05) is 6.42 Å². The number of rotatable bonds is 3. The molecule has 5 nitrogen and oxygen atoms in total. The summed E-state index contributed by atoms with van der Waals surface area (Å²) < 4.78 is 0. The van der Waals surface area contributed by atoms with Gasteiger partial charge in [0.2, 0.25) is 11.8 Å². The zero-order chi connectivity index (χ0) is 13.8. The number of hydrogen-bond donors (Lipinski definition) is 2. The fraction of sp³-hybridized carbons (Fsp3) is 0.846. The van der Waals surface area contributed by atoms with Gasteiger partial charge in [0, 0.05) is 12.6 Å². The Morgan fingerprint density at radius 3 is 2.50 bits per heavy atom. The first-order valence-corrected chi connectivity index (χ1v) is 6.59.